The fourth-order valence-electron chi connectivity index (χ4n) is 3.61. The van der Waals surface area contributed by atoms with E-state index < -0.39 is 11.6 Å². The van der Waals surface area contributed by atoms with E-state index in [1.807, 2.05) is 50.3 Å². The Morgan fingerprint density at radius 1 is 0.943 bits per heavy atom. The van der Waals surface area contributed by atoms with Crippen molar-refractivity contribution in [1.29, 1.82) is 0 Å². The largest absolute Gasteiger partial charge is 0.327 e. The topological polar surface area (TPSA) is 80.3 Å². The standard InChI is InChI=1S/C25H26F2N6O2/c1-31(2)10-5-11-32(3)25-28-24(30-35-25)18-7-4-6-17(12-18)16-33-23(34)9-8-22(29-33)19-13-20(26)15-21(27)14-19/h4,6-9,12-15H,5,10-11,16H2,1-3H3. The number of benzene rings is 2. The lowest BCUT2D eigenvalue weighted by atomic mass is 10.1. The van der Waals surface area contributed by atoms with Crippen LogP contribution in [0.1, 0.15) is 12.0 Å². The Balaban J connectivity index is 1.52. The maximum absolute atomic E-state index is 13.6. The van der Waals surface area contributed by atoms with Gasteiger partial charge in [-0.3, -0.25) is 4.79 Å². The summed E-state index contributed by atoms with van der Waals surface area (Å²) in [5, 5.41) is 8.39. The average molecular weight is 481 g/mol. The first-order chi connectivity index (χ1) is 16.8. The fraction of sp³-hybridized carbons (Fsp3) is 0.280. The van der Waals surface area contributed by atoms with Crippen molar-refractivity contribution in [2.24, 2.45) is 0 Å². The van der Waals surface area contributed by atoms with Crippen LogP contribution in [0.15, 0.2) is 63.9 Å². The van der Waals surface area contributed by atoms with E-state index in [1.165, 1.54) is 28.9 Å². The van der Waals surface area contributed by atoms with Gasteiger partial charge >= 0.3 is 6.01 Å². The van der Waals surface area contributed by atoms with E-state index >= 15 is 0 Å². The maximum atomic E-state index is 13.6. The van der Waals surface area contributed by atoms with Crippen molar-refractivity contribution in [3.8, 4) is 22.6 Å². The summed E-state index contributed by atoms with van der Waals surface area (Å²) < 4.78 is 33.9. The van der Waals surface area contributed by atoms with Crippen LogP contribution in [-0.2, 0) is 6.54 Å². The van der Waals surface area contributed by atoms with Crippen molar-refractivity contribution in [1.82, 2.24) is 24.8 Å². The number of nitrogens with zero attached hydrogens (tertiary/aromatic N) is 6. The smallest absolute Gasteiger partial charge is 0.324 e. The zero-order valence-corrected chi connectivity index (χ0v) is 19.8. The van der Waals surface area contributed by atoms with Crippen LogP contribution in [0.25, 0.3) is 22.6 Å². The van der Waals surface area contributed by atoms with Crippen molar-refractivity contribution < 1.29 is 13.3 Å². The fourth-order valence-corrected chi connectivity index (χ4v) is 3.61. The summed E-state index contributed by atoms with van der Waals surface area (Å²) in [6.45, 7) is 1.89. The monoisotopic (exact) mass is 480 g/mol. The van der Waals surface area contributed by atoms with Gasteiger partial charge in [-0.2, -0.15) is 10.1 Å². The molecule has 0 fully saturated rings. The second kappa shape index (κ2) is 10.6. The van der Waals surface area contributed by atoms with Gasteiger partial charge in [-0.1, -0.05) is 23.4 Å². The molecule has 0 radical (unpaired) electrons. The van der Waals surface area contributed by atoms with E-state index in [4.69, 9.17) is 4.52 Å². The summed E-state index contributed by atoms with van der Waals surface area (Å²) >= 11 is 0. The van der Waals surface area contributed by atoms with E-state index in [9.17, 15) is 13.6 Å². The van der Waals surface area contributed by atoms with Crippen LogP contribution in [0.3, 0.4) is 0 Å². The molecule has 0 aliphatic heterocycles. The second-order valence-electron chi connectivity index (χ2n) is 8.55. The Kier molecular flexibility index (Phi) is 7.31. The van der Waals surface area contributed by atoms with Crippen LogP contribution in [0.4, 0.5) is 14.8 Å². The molecule has 8 nitrogen and oxygen atoms in total. The van der Waals surface area contributed by atoms with Crippen LogP contribution in [-0.4, -0.2) is 59.1 Å². The van der Waals surface area contributed by atoms with Crippen molar-refractivity contribution in [3.63, 3.8) is 0 Å². The zero-order chi connectivity index (χ0) is 24.9. The molecule has 0 bridgehead atoms. The highest BCUT2D eigenvalue weighted by molar-refractivity contribution is 5.59. The molecule has 0 spiro atoms. The molecule has 4 aromatic rings. The number of halogens is 2. The molecule has 0 aliphatic rings. The van der Waals surface area contributed by atoms with Gasteiger partial charge in [0.25, 0.3) is 5.56 Å². The molecular formula is C25H26F2N6O2. The Morgan fingerprint density at radius 2 is 1.71 bits per heavy atom. The van der Waals surface area contributed by atoms with E-state index in [0.717, 1.165) is 36.7 Å². The van der Waals surface area contributed by atoms with E-state index in [2.05, 4.69) is 20.1 Å². The molecule has 10 heteroatoms. The number of hydrogen-bond acceptors (Lipinski definition) is 7. The number of hydrogen-bond donors (Lipinski definition) is 0. The molecule has 0 aliphatic carbocycles. The van der Waals surface area contributed by atoms with Gasteiger partial charge in [0.1, 0.15) is 11.6 Å². The Labute approximate surface area is 201 Å². The maximum Gasteiger partial charge on any atom is 0.324 e. The highest BCUT2D eigenvalue weighted by Crippen LogP contribution is 2.22. The number of rotatable bonds is 9. The van der Waals surface area contributed by atoms with Crippen molar-refractivity contribution in [2.45, 2.75) is 13.0 Å². The Hall–Kier alpha value is -3.92. The van der Waals surface area contributed by atoms with Crippen LogP contribution in [0.5, 0.6) is 0 Å². The molecule has 2 aromatic heterocycles. The summed E-state index contributed by atoms with van der Waals surface area (Å²) in [4.78, 5) is 20.9. The first-order valence-corrected chi connectivity index (χ1v) is 11.1. The van der Waals surface area contributed by atoms with Gasteiger partial charge in [0.2, 0.25) is 5.82 Å². The van der Waals surface area contributed by atoms with Gasteiger partial charge in [-0.05, 0) is 56.9 Å². The van der Waals surface area contributed by atoms with E-state index in [0.29, 0.717) is 17.5 Å². The van der Waals surface area contributed by atoms with Crippen LogP contribution in [0, 0.1) is 11.6 Å². The molecular weight excluding hydrogens is 454 g/mol. The highest BCUT2D eigenvalue weighted by Gasteiger charge is 2.13. The molecule has 35 heavy (non-hydrogen) atoms. The highest BCUT2D eigenvalue weighted by atomic mass is 19.1. The molecule has 0 amide bonds. The predicted octanol–water partition coefficient (Wildman–Crippen LogP) is 3.67. The second-order valence-corrected chi connectivity index (χ2v) is 8.55. The SMILES string of the molecule is CN(C)CCCN(C)c1nc(-c2cccc(Cn3nc(-c4cc(F)cc(F)c4)ccc3=O)c2)no1. The summed E-state index contributed by atoms with van der Waals surface area (Å²) in [5.74, 6) is -0.990. The third kappa shape index (κ3) is 6.15. The number of anilines is 1. The Morgan fingerprint density at radius 3 is 2.46 bits per heavy atom. The van der Waals surface area contributed by atoms with Gasteiger partial charge in [-0.25, -0.2) is 13.5 Å². The molecule has 0 atom stereocenters. The zero-order valence-electron chi connectivity index (χ0n) is 19.8. The molecule has 0 N–H and O–H groups in total. The lowest BCUT2D eigenvalue weighted by Gasteiger charge is -2.15. The third-order valence-electron chi connectivity index (χ3n) is 5.38. The van der Waals surface area contributed by atoms with Crippen LogP contribution >= 0.6 is 0 Å². The van der Waals surface area contributed by atoms with Gasteiger partial charge < -0.3 is 14.3 Å². The van der Waals surface area contributed by atoms with Crippen molar-refractivity contribution in [3.05, 3.63) is 82.1 Å². The lowest BCUT2D eigenvalue weighted by Crippen LogP contribution is -2.23. The first-order valence-electron chi connectivity index (χ1n) is 11.1. The van der Waals surface area contributed by atoms with Gasteiger partial charge in [0.05, 0.1) is 12.2 Å². The minimum atomic E-state index is -0.713. The van der Waals surface area contributed by atoms with Gasteiger partial charge in [-0.15, -0.1) is 0 Å². The summed E-state index contributed by atoms with van der Waals surface area (Å²) in [7, 11) is 5.96. The quantitative estimate of drug-likeness (QED) is 0.362. The van der Waals surface area contributed by atoms with Crippen LogP contribution in [0.2, 0.25) is 0 Å². The average Bonchev–Trinajstić information content (AvgIpc) is 3.30. The van der Waals surface area contributed by atoms with E-state index in [-0.39, 0.29) is 17.7 Å². The van der Waals surface area contributed by atoms with Crippen LogP contribution < -0.4 is 10.5 Å². The molecule has 4 rings (SSSR count). The molecule has 0 unspecified atom stereocenters. The summed E-state index contributed by atoms with van der Waals surface area (Å²) in [6.07, 6.45) is 0.958. The molecule has 182 valence electrons. The normalized spacial score (nSPS) is 11.3. The first kappa shape index (κ1) is 24.2. The lowest BCUT2D eigenvalue weighted by molar-refractivity contribution is 0.391. The predicted molar refractivity (Wildman–Crippen MR) is 129 cm³/mol. The minimum absolute atomic E-state index is 0.160. The Bertz CT molecular complexity index is 1350. The molecule has 0 saturated carbocycles. The molecule has 2 heterocycles. The van der Waals surface area contributed by atoms with E-state index in [1.54, 1.807) is 0 Å². The summed E-state index contributed by atoms with van der Waals surface area (Å²) in [6, 6.07) is 13.7. The summed E-state index contributed by atoms with van der Waals surface area (Å²) in [5.41, 5.74) is 1.72. The third-order valence-corrected chi connectivity index (χ3v) is 5.38. The minimum Gasteiger partial charge on any atom is -0.327 e. The van der Waals surface area contributed by atoms with Gasteiger partial charge in [0.15, 0.2) is 0 Å². The molecule has 2 aromatic carbocycles. The van der Waals surface area contributed by atoms with Crippen molar-refractivity contribution >= 4 is 6.01 Å². The van der Waals surface area contributed by atoms with Crippen molar-refractivity contribution in [2.75, 3.05) is 39.1 Å². The number of aromatic nitrogens is 4. The molecule has 0 saturated heterocycles. The van der Waals surface area contributed by atoms with Gasteiger partial charge in [0, 0.05) is 36.9 Å².